The van der Waals surface area contributed by atoms with Gasteiger partial charge in [-0.1, -0.05) is 23.2 Å². The normalized spacial score (nSPS) is 9.74. The van der Waals surface area contributed by atoms with Gasteiger partial charge in [0.15, 0.2) is 0 Å². The summed E-state index contributed by atoms with van der Waals surface area (Å²) < 4.78 is 0. The Bertz CT molecular complexity index is 663. The first-order valence-corrected chi connectivity index (χ1v) is 5.98. The number of hydrogen-bond acceptors (Lipinski definition) is 3. The van der Waals surface area contributed by atoms with Gasteiger partial charge in [0.25, 0.3) is 5.91 Å². The van der Waals surface area contributed by atoms with Crippen LogP contribution in [0, 0.1) is 11.3 Å². The summed E-state index contributed by atoms with van der Waals surface area (Å²) in [6.07, 6.45) is 1.37. The highest BCUT2D eigenvalue weighted by Gasteiger charge is 2.08. The summed E-state index contributed by atoms with van der Waals surface area (Å²) in [5.41, 5.74) is 1.16. The quantitative estimate of drug-likeness (QED) is 0.861. The molecule has 4 nitrogen and oxygen atoms in total. The molecule has 19 heavy (non-hydrogen) atoms. The molecule has 0 unspecified atom stereocenters. The highest BCUT2D eigenvalue weighted by Crippen LogP contribution is 2.20. The number of anilines is 1. The van der Waals surface area contributed by atoms with E-state index >= 15 is 0 Å². The monoisotopic (exact) mass is 291 g/mol. The van der Waals surface area contributed by atoms with Crippen LogP contribution in [0.2, 0.25) is 10.2 Å². The third-order valence-electron chi connectivity index (χ3n) is 2.33. The molecule has 0 spiro atoms. The zero-order chi connectivity index (χ0) is 13.8. The van der Waals surface area contributed by atoms with Crippen molar-refractivity contribution in [1.82, 2.24) is 4.98 Å². The van der Waals surface area contributed by atoms with E-state index in [0.29, 0.717) is 27.0 Å². The van der Waals surface area contributed by atoms with Gasteiger partial charge in [0.1, 0.15) is 11.2 Å². The van der Waals surface area contributed by atoms with Gasteiger partial charge in [-0.15, -0.1) is 0 Å². The van der Waals surface area contributed by atoms with E-state index in [-0.39, 0.29) is 5.91 Å². The Hall–Kier alpha value is -2.09. The van der Waals surface area contributed by atoms with Gasteiger partial charge in [0, 0.05) is 11.9 Å². The fourth-order valence-corrected chi connectivity index (χ4v) is 1.67. The molecule has 0 aliphatic rings. The lowest BCUT2D eigenvalue weighted by Crippen LogP contribution is -2.12. The van der Waals surface area contributed by atoms with Gasteiger partial charge in [-0.25, -0.2) is 4.98 Å². The maximum Gasteiger partial charge on any atom is 0.257 e. The molecule has 1 amide bonds. The Labute approximate surface area is 119 Å². The molecule has 0 saturated carbocycles. The van der Waals surface area contributed by atoms with Crippen molar-refractivity contribution in [2.45, 2.75) is 0 Å². The van der Waals surface area contributed by atoms with Crippen molar-refractivity contribution >= 4 is 34.8 Å². The molecule has 0 saturated heterocycles. The van der Waals surface area contributed by atoms with Crippen molar-refractivity contribution in [1.29, 1.82) is 5.26 Å². The predicted molar refractivity (Wildman–Crippen MR) is 73.4 cm³/mol. The number of benzene rings is 1. The second-order valence-electron chi connectivity index (χ2n) is 3.63. The third kappa shape index (κ3) is 3.22. The summed E-state index contributed by atoms with van der Waals surface area (Å²) in [5, 5.41) is 12.2. The number of carbonyl (C=O) groups excluding carboxylic acids is 1. The minimum absolute atomic E-state index is 0.300. The molecule has 0 aliphatic carbocycles. The van der Waals surface area contributed by atoms with Crippen LogP contribution in [0.25, 0.3) is 0 Å². The number of aromatic nitrogens is 1. The average molecular weight is 292 g/mol. The molecule has 0 radical (unpaired) electrons. The third-order valence-corrected chi connectivity index (χ3v) is 2.89. The summed E-state index contributed by atoms with van der Waals surface area (Å²) in [4.78, 5) is 15.7. The van der Waals surface area contributed by atoms with Gasteiger partial charge in [-0.05, 0) is 30.3 Å². The Kier molecular flexibility index (Phi) is 4.00. The van der Waals surface area contributed by atoms with E-state index in [1.54, 1.807) is 18.2 Å². The molecule has 94 valence electrons. The van der Waals surface area contributed by atoms with Crippen LogP contribution in [0.4, 0.5) is 5.69 Å². The van der Waals surface area contributed by atoms with Crippen molar-refractivity contribution in [3.05, 3.63) is 57.8 Å². The number of hydrogen-bond donors (Lipinski definition) is 1. The first kappa shape index (κ1) is 13.3. The smallest absolute Gasteiger partial charge is 0.257 e. The SMILES string of the molecule is N#Cc1cc(NC(=O)c2ccc(Cl)nc2)ccc1Cl. The molecule has 0 atom stereocenters. The molecule has 2 rings (SSSR count). The van der Waals surface area contributed by atoms with Gasteiger partial charge >= 0.3 is 0 Å². The lowest BCUT2D eigenvalue weighted by Gasteiger charge is -2.06. The van der Waals surface area contributed by atoms with Crippen LogP contribution < -0.4 is 5.32 Å². The Morgan fingerprint density at radius 1 is 1.26 bits per heavy atom. The lowest BCUT2D eigenvalue weighted by molar-refractivity contribution is 0.102. The summed E-state index contributed by atoms with van der Waals surface area (Å²) in [7, 11) is 0. The molecule has 6 heteroatoms. The fourth-order valence-electron chi connectivity index (χ4n) is 1.40. The molecule has 1 aromatic carbocycles. The van der Waals surface area contributed by atoms with Crippen molar-refractivity contribution in [2.24, 2.45) is 0 Å². The topological polar surface area (TPSA) is 65.8 Å². The molecular formula is C13H7Cl2N3O. The van der Waals surface area contributed by atoms with E-state index in [1.807, 2.05) is 6.07 Å². The number of nitrogens with zero attached hydrogens (tertiary/aromatic N) is 2. The molecule has 0 fully saturated rings. The van der Waals surface area contributed by atoms with Gasteiger partial charge in [0.2, 0.25) is 0 Å². The van der Waals surface area contributed by atoms with Gasteiger partial charge in [-0.2, -0.15) is 5.26 Å². The van der Waals surface area contributed by atoms with Crippen LogP contribution in [-0.2, 0) is 0 Å². The number of carbonyl (C=O) groups is 1. The van der Waals surface area contributed by atoms with Crippen LogP contribution in [0.1, 0.15) is 15.9 Å². The molecule has 0 bridgehead atoms. The number of nitrogens with one attached hydrogen (secondary N) is 1. The van der Waals surface area contributed by atoms with Crippen LogP contribution >= 0.6 is 23.2 Å². The average Bonchev–Trinajstić information content (AvgIpc) is 2.41. The van der Waals surface area contributed by atoms with Gasteiger partial charge in [0.05, 0.1) is 16.1 Å². The standard InChI is InChI=1S/C13H7Cl2N3O/c14-11-3-2-10(5-9(11)6-16)18-13(19)8-1-4-12(15)17-7-8/h1-5,7H,(H,18,19). The summed E-state index contributed by atoms with van der Waals surface area (Å²) >= 11 is 11.4. The Balaban J connectivity index is 2.20. The second kappa shape index (κ2) is 5.70. The zero-order valence-corrected chi connectivity index (χ0v) is 11.0. The van der Waals surface area contributed by atoms with Gasteiger partial charge < -0.3 is 5.32 Å². The molecular weight excluding hydrogens is 285 g/mol. The van der Waals surface area contributed by atoms with E-state index in [4.69, 9.17) is 28.5 Å². The number of halogens is 2. The van der Waals surface area contributed by atoms with Crippen LogP contribution in [-0.4, -0.2) is 10.9 Å². The summed E-state index contributed by atoms with van der Waals surface area (Å²) in [5.74, 6) is -0.338. The molecule has 1 heterocycles. The van der Waals surface area contributed by atoms with Crippen LogP contribution in [0.3, 0.4) is 0 Å². The van der Waals surface area contributed by atoms with Crippen molar-refractivity contribution < 1.29 is 4.79 Å². The van der Waals surface area contributed by atoms with Crippen molar-refractivity contribution in [3.63, 3.8) is 0 Å². The number of pyridine rings is 1. The van der Waals surface area contributed by atoms with E-state index in [9.17, 15) is 4.79 Å². The fraction of sp³-hybridized carbons (Fsp3) is 0. The predicted octanol–water partition coefficient (Wildman–Crippen LogP) is 3.51. The Morgan fingerprint density at radius 3 is 2.68 bits per heavy atom. The first-order valence-electron chi connectivity index (χ1n) is 5.22. The molecule has 0 aliphatic heterocycles. The Morgan fingerprint density at radius 2 is 2.05 bits per heavy atom. The van der Waals surface area contributed by atoms with Crippen LogP contribution in [0.15, 0.2) is 36.5 Å². The number of nitriles is 1. The maximum atomic E-state index is 11.9. The first-order chi connectivity index (χ1) is 9.10. The highest BCUT2D eigenvalue weighted by atomic mass is 35.5. The largest absolute Gasteiger partial charge is 0.322 e. The minimum atomic E-state index is -0.338. The van der Waals surface area contributed by atoms with Gasteiger partial charge in [-0.3, -0.25) is 4.79 Å². The summed E-state index contributed by atoms with van der Waals surface area (Å²) in [6, 6.07) is 9.70. The molecule has 1 aromatic heterocycles. The molecule has 1 N–H and O–H groups in total. The number of amides is 1. The van der Waals surface area contributed by atoms with E-state index < -0.39 is 0 Å². The van der Waals surface area contributed by atoms with E-state index in [1.165, 1.54) is 18.3 Å². The van der Waals surface area contributed by atoms with E-state index in [2.05, 4.69) is 10.3 Å². The highest BCUT2D eigenvalue weighted by molar-refractivity contribution is 6.31. The van der Waals surface area contributed by atoms with Crippen LogP contribution in [0.5, 0.6) is 0 Å². The lowest BCUT2D eigenvalue weighted by atomic mass is 10.2. The molecule has 2 aromatic rings. The van der Waals surface area contributed by atoms with E-state index in [0.717, 1.165) is 0 Å². The summed E-state index contributed by atoms with van der Waals surface area (Å²) in [6.45, 7) is 0. The van der Waals surface area contributed by atoms with Crippen molar-refractivity contribution in [3.8, 4) is 6.07 Å². The minimum Gasteiger partial charge on any atom is -0.322 e. The van der Waals surface area contributed by atoms with Crippen molar-refractivity contribution in [2.75, 3.05) is 5.32 Å². The zero-order valence-electron chi connectivity index (χ0n) is 9.52. The second-order valence-corrected chi connectivity index (χ2v) is 4.42. The maximum absolute atomic E-state index is 11.9. The number of rotatable bonds is 2.